The predicted octanol–water partition coefficient (Wildman–Crippen LogP) is 2.21. The van der Waals surface area contributed by atoms with Crippen molar-refractivity contribution in [2.45, 2.75) is 6.42 Å². The van der Waals surface area contributed by atoms with E-state index in [-0.39, 0.29) is 5.78 Å². The number of rotatable bonds is 3. The van der Waals surface area contributed by atoms with Crippen LogP contribution in [0.2, 0.25) is 0 Å². The van der Waals surface area contributed by atoms with Crippen molar-refractivity contribution in [2.24, 2.45) is 0 Å². The van der Waals surface area contributed by atoms with Gasteiger partial charge < -0.3 is 5.73 Å². The number of hydrogen-bond acceptors (Lipinski definition) is 5. The molecule has 0 spiro atoms. The van der Waals surface area contributed by atoms with Crippen molar-refractivity contribution in [1.82, 2.24) is 4.98 Å². The highest BCUT2D eigenvalue weighted by molar-refractivity contribution is 7.13. The molecule has 0 saturated heterocycles. The van der Waals surface area contributed by atoms with E-state index in [4.69, 9.17) is 5.73 Å². The fraction of sp³-hybridized carbons (Fsp3) is 0.111. The molecule has 2 N–H and O–H groups in total. The van der Waals surface area contributed by atoms with E-state index in [1.165, 1.54) is 22.7 Å². The van der Waals surface area contributed by atoms with Crippen molar-refractivity contribution in [3.63, 3.8) is 0 Å². The van der Waals surface area contributed by atoms with Gasteiger partial charge in [0.25, 0.3) is 0 Å². The Morgan fingerprint density at radius 3 is 2.93 bits per heavy atom. The van der Waals surface area contributed by atoms with Crippen LogP contribution in [0.25, 0.3) is 0 Å². The van der Waals surface area contributed by atoms with Gasteiger partial charge in [0.1, 0.15) is 0 Å². The summed E-state index contributed by atoms with van der Waals surface area (Å²) in [5.41, 5.74) is 6.98. The number of hydrogen-bond donors (Lipinski definition) is 1. The second-order valence-corrected chi connectivity index (χ2v) is 4.46. The maximum absolute atomic E-state index is 11.6. The van der Waals surface area contributed by atoms with Crippen LogP contribution < -0.4 is 5.73 Å². The fourth-order valence-corrected chi connectivity index (χ4v) is 2.32. The molecule has 2 heterocycles. The zero-order valence-corrected chi connectivity index (χ0v) is 8.90. The molecule has 0 aliphatic rings. The molecule has 0 bridgehead atoms. The molecule has 0 aromatic carbocycles. The number of thiophene rings is 1. The summed E-state index contributed by atoms with van der Waals surface area (Å²) >= 11 is 2.88. The highest BCUT2D eigenvalue weighted by atomic mass is 32.1. The van der Waals surface area contributed by atoms with Gasteiger partial charge in [-0.15, -0.1) is 11.3 Å². The van der Waals surface area contributed by atoms with Crippen molar-refractivity contribution >= 4 is 33.6 Å². The van der Waals surface area contributed by atoms with Gasteiger partial charge in [-0.1, -0.05) is 0 Å². The Hall–Kier alpha value is -1.20. The van der Waals surface area contributed by atoms with Gasteiger partial charge in [-0.05, 0) is 11.4 Å². The summed E-state index contributed by atoms with van der Waals surface area (Å²) in [6.07, 6.45) is 0.338. The summed E-state index contributed by atoms with van der Waals surface area (Å²) in [5, 5.41) is 6.07. The van der Waals surface area contributed by atoms with Crippen LogP contribution in [-0.2, 0) is 6.42 Å². The van der Waals surface area contributed by atoms with E-state index in [0.29, 0.717) is 11.6 Å². The minimum absolute atomic E-state index is 0.0940. The van der Waals surface area contributed by atoms with Crippen LogP contribution in [0.5, 0.6) is 0 Å². The van der Waals surface area contributed by atoms with E-state index in [2.05, 4.69) is 4.98 Å². The van der Waals surface area contributed by atoms with Crippen LogP contribution in [-0.4, -0.2) is 10.8 Å². The number of nitrogens with two attached hydrogens (primary N) is 1. The summed E-state index contributed by atoms with van der Waals surface area (Å²) in [4.78, 5) is 15.7. The van der Waals surface area contributed by atoms with Gasteiger partial charge in [-0.3, -0.25) is 4.79 Å². The Kier molecular flexibility index (Phi) is 2.60. The molecule has 0 aliphatic heterocycles. The first-order valence-corrected chi connectivity index (χ1v) is 5.83. The molecule has 0 aliphatic carbocycles. The van der Waals surface area contributed by atoms with Crippen LogP contribution in [0.1, 0.15) is 16.1 Å². The largest absolute Gasteiger partial charge is 0.375 e. The fourth-order valence-electron chi connectivity index (χ4n) is 1.09. The van der Waals surface area contributed by atoms with E-state index < -0.39 is 0 Å². The van der Waals surface area contributed by atoms with E-state index in [1.54, 1.807) is 0 Å². The second-order valence-electron chi connectivity index (χ2n) is 2.79. The van der Waals surface area contributed by atoms with E-state index in [9.17, 15) is 4.79 Å². The monoisotopic (exact) mass is 224 g/mol. The minimum atomic E-state index is 0.0940. The Bertz CT molecular complexity index is 433. The van der Waals surface area contributed by atoms with Crippen LogP contribution in [0.3, 0.4) is 0 Å². The lowest BCUT2D eigenvalue weighted by atomic mass is 10.1. The number of aromatic nitrogens is 1. The number of carbonyl (C=O) groups excluding carboxylic acids is 1. The molecule has 14 heavy (non-hydrogen) atoms. The van der Waals surface area contributed by atoms with Gasteiger partial charge in [0.2, 0.25) is 0 Å². The lowest BCUT2D eigenvalue weighted by molar-refractivity contribution is 0.0992. The summed E-state index contributed by atoms with van der Waals surface area (Å²) < 4.78 is 0. The number of Topliss-reactive ketones (excluding diaryl/α,β-unsaturated/α-hetero) is 1. The molecule has 0 unspecified atom stereocenters. The summed E-state index contributed by atoms with van der Waals surface area (Å²) in [6, 6.07) is 1.82. The first kappa shape index (κ1) is 9.36. The highest BCUT2D eigenvalue weighted by Crippen LogP contribution is 2.14. The smallest absolute Gasteiger partial charge is 0.180 e. The van der Waals surface area contributed by atoms with Crippen LogP contribution in [0.15, 0.2) is 22.2 Å². The third-order valence-electron chi connectivity index (χ3n) is 1.75. The number of nitrogen functional groups attached to an aromatic ring is 1. The number of carbonyl (C=O) groups is 1. The van der Waals surface area contributed by atoms with E-state index in [0.717, 1.165) is 11.3 Å². The molecule has 0 radical (unpaired) electrons. The van der Waals surface area contributed by atoms with E-state index >= 15 is 0 Å². The lowest BCUT2D eigenvalue weighted by Crippen LogP contribution is -2.02. The quantitative estimate of drug-likeness (QED) is 0.813. The van der Waals surface area contributed by atoms with Gasteiger partial charge in [0.05, 0.1) is 12.1 Å². The van der Waals surface area contributed by atoms with E-state index in [1.807, 2.05) is 22.2 Å². The summed E-state index contributed by atoms with van der Waals surface area (Å²) in [7, 11) is 0. The maximum atomic E-state index is 11.6. The average molecular weight is 224 g/mol. The molecule has 3 nitrogen and oxygen atoms in total. The van der Waals surface area contributed by atoms with Gasteiger partial charge in [-0.2, -0.15) is 11.3 Å². The van der Waals surface area contributed by atoms with Crippen molar-refractivity contribution in [2.75, 3.05) is 5.73 Å². The molecule has 0 atom stereocenters. The summed E-state index contributed by atoms with van der Waals surface area (Å²) in [5.74, 6) is 0.0940. The average Bonchev–Trinajstić information content (AvgIpc) is 2.75. The molecule has 72 valence electrons. The van der Waals surface area contributed by atoms with Crippen molar-refractivity contribution in [1.29, 1.82) is 0 Å². The molecular formula is C9H8N2OS2. The topological polar surface area (TPSA) is 56.0 Å². The van der Waals surface area contributed by atoms with Crippen molar-refractivity contribution in [3.8, 4) is 0 Å². The molecule has 2 aromatic heterocycles. The molecule has 0 amide bonds. The first-order valence-electron chi connectivity index (χ1n) is 4.01. The molecule has 2 rings (SSSR count). The number of nitrogens with zero attached hydrogens (tertiary/aromatic N) is 1. The van der Waals surface area contributed by atoms with Gasteiger partial charge >= 0.3 is 0 Å². The normalized spacial score (nSPS) is 10.3. The Morgan fingerprint density at radius 1 is 1.50 bits per heavy atom. The Labute approximate surface area is 89.2 Å². The van der Waals surface area contributed by atoms with Crippen LogP contribution >= 0.6 is 22.7 Å². The van der Waals surface area contributed by atoms with Gasteiger partial charge in [0.15, 0.2) is 10.9 Å². The Balaban J connectivity index is 2.09. The lowest BCUT2D eigenvalue weighted by Gasteiger charge is -1.93. The van der Waals surface area contributed by atoms with Gasteiger partial charge in [0, 0.05) is 16.3 Å². The first-order chi connectivity index (χ1) is 6.75. The zero-order valence-electron chi connectivity index (χ0n) is 7.27. The molecule has 0 fully saturated rings. The maximum Gasteiger partial charge on any atom is 0.180 e. The SMILES string of the molecule is Nc1nc(CC(=O)c2ccsc2)cs1. The summed E-state index contributed by atoms with van der Waals surface area (Å²) in [6.45, 7) is 0. The van der Waals surface area contributed by atoms with Crippen molar-refractivity contribution < 1.29 is 4.79 Å². The minimum Gasteiger partial charge on any atom is -0.375 e. The number of anilines is 1. The molecule has 5 heteroatoms. The standard InChI is InChI=1S/C9H8N2OS2/c10-9-11-7(5-14-9)3-8(12)6-1-2-13-4-6/h1-2,4-5H,3H2,(H2,10,11). The Morgan fingerprint density at radius 2 is 2.36 bits per heavy atom. The highest BCUT2D eigenvalue weighted by Gasteiger charge is 2.09. The third-order valence-corrected chi connectivity index (χ3v) is 3.16. The van der Waals surface area contributed by atoms with Crippen LogP contribution in [0, 0.1) is 0 Å². The number of ketones is 1. The second kappa shape index (κ2) is 3.89. The van der Waals surface area contributed by atoms with Gasteiger partial charge in [-0.25, -0.2) is 4.98 Å². The predicted molar refractivity (Wildman–Crippen MR) is 58.9 cm³/mol. The number of thiazole rings is 1. The zero-order chi connectivity index (χ0) is 9.97. The third kappa shape index (κ3) is 2.00. The molecular weight excluding hydrogens is 216 g/mol. The molecule has 2 aromatic rings. The van der Waals surface area contributed by atoms with Crippen LogP contribution in [0.4, 0.5) is 5.13 Å². The van der Waals surface area contributed by atoms with Crippen molar-refractivity contribution in [3.05, 3.63) is 33.5 Å². The molecule has 0 saturated carbocycles.